The summed E-state index contributed by atoms with van der Waals surface area (Å²) in [5, 5.41) is 1.88. The van der Waals surface area contributed by atoms with Gasteiger partial charge in [0.05, 0.1) is 4.88 Å². The highest BCUT2D eigenvalue weighted by molar-refractivity contribution is 7.13. The van der Waals surface area contributed by atoms with Gasteiger partial charge in [0.15, 0.2) is 17.2 Å². The number of imidazole rings is 1. The third-order valence-corrected chi connectivity index (χ3v) is 6.72. The third kappa shape index (κ3) is 3.76. The van der Waals surface area contributed by atoms with Crippen molar-refractivity contribution in [3.63, 3.8) is 0 Å². The molecule has 0 saturated carbocycles. The molecule has 1 atom stereocenters. The van der Waals surface area contributed by atoms with Gasteiger partial charge in [0, 0.05) is 19.1 Å². The Morgan fingerprint density at radius 2 is 2.03 bits per heavy atom. The van der Waals surface area contributed by atoms with Gasteiger partial charge in [-0.15, -0.1) is 11.3 Å². The Labute approximate surface area is 183 Å². The number of hydrogen-bond donors (Lipinski definition) is 1. The van der Waals surface area contributed by atoms with Crippen molar-refractivity contribution in [3.8, 4) is 10.7 Å². The second kappa shape index (κ2) is 8.62. The Bertz CT molecular complexity index is 1180. The lowest BCUT2D eigenvalue weighted by molar-refractivity contribution is -0.135. The van der Waals surface area contributed by atoms with Gasteiger partial charge in [0.25, 0.3) is 5.91 Å². The molecular weight excluding hydrogens is 416 g/mol. The average Bonchev–Trinajstić information content (AvgIpc) is 3.40. The number of aromatic nitrogens is 4. The molecule has 0 radical (unpaired) electrons. The number of carbonyl (C=O) groups excluding carboxylic acids is 2. The lowest BCUT2D eigenvalue weighted by Crippen LogP contribution is -2.45. The maximum absolute atomic E-state index is 13.2. The van der Waals surface area contributed by atoms with Gasteiger partial charge in [-0.2, -0.15) is 0 Å². The van der Waals surface area contributed by atoms with Gasteiger partial charge in [-0.3, -0.25) is 18.7 Å². The first-order chi connectivity index (χ1) is 15.0. The number of thiophene rings is 1. The SMILES string of the molecule is CCC1CCCCN1C(=O)Cn1c(=O)n(CC)c2nc(-c3cccs3)nc(C(N)=O)c21. The highest BCUT2D eigenvalue weighted by Gasteiger charge is 2.29. The van der Waals surface area contributed by atoms with Gasteiger partial charge in [-0.25, -0.2) is 14.8 Å². The molecule has 1 saturated heterocycles. The van der Waals surface area contributed by atoms with E-state index in [4.69, 9.17) is 5.73 Å². The van der Waals surface area contributed by atoms with E-state index in [1.165, 1.54) is 20.5 Å². The Hall–Kier alpha value is -3.01. The van der Waals surface area contributed by atoms with Crippen molar-refractivity contribution in [2.75, 3.05) is 6.54 Å². The molecule has 10 heteroatoms. The molecule has 9 nitrogen and oxygen atoms in total. The van der Waals surface area contributed by atoms with Crippen molar-refractivity contribution in [1.82, 2.24) is 24.0 Å². The average molecular weight is 443 g/mol. The van der Waals surface area contributed by atoms with Crippen molar-refractivity contribution in [3.05, 3.63) is 33.7 Å². The number of primary amides is 1. The van der Waals surface area contributed by atoms with Crippen molar-refractivity contribution < 1.29 is 9.59 Å². The largest absolute Gasteiger partial charge is 0.364 e. The first-order valence-electron chi connectivity index (χ1n) is 10.6. The molecule has 1 fully saturated rings. The summed E-state index contributed by atoms with van der Waals surface area (Å²) < 4.78 is 2.77. The van der Waals surface area contributed by atoms with E-state index >= 15 is 0 Å². The molecule has 2 amide bonds. The lowest BCUT2D eigenvalue weighted by atomic mass is 10.00. The van der Waals surface area contributed by atoms with Crippen LogP contribution in [0.15, 0.2) is 22.3 Å². The summed E-state index contributed by atoms with van der Waals surface area (Å²) in [5.41, 5.74) is 5.74. The van der Waals surface area contributed by atoms with Crippen LogP contribution in [0.2, 0.25) is 0 Å². The van der Waals surface area contributed by atoms with Crippen LogP contribution in [0, 0.1) is 0 Å². The van der Waals surface area contributed by atoms with Crippen LogP contribution in [0.5, 0.6) is 0 Å². The minimum absolute atomic E-state index is 0.0452. The van der Waals surface area contributed by atoms with Crippen LogP contribution < -0.4 is 11.4 Å². The first-order valence-corrected chi connectivity index (χ1v) is 11.5. The zero-order chi connectivity index (χ0) is 22.1. The molecule has 0 spiro atoms. The van der Waals surface area contributed by atoms with Crippen LogP contribution in [0.4, 0.5) is 0 Å². The Kier molecular flexibility index (Phi) is 5.90. The summed E-state index contributed by atoms with van der Waals surface area (Å²) in [6, 6.07) is 3.87. The normalized spacial score (nSPS) is 16.7. The summed E-state index contributed by atoms with van der Waals surface area (Å²) in [7, 11) is 0. The Morgan fingerprint density at radius 3 is 2.68 bits per heavy atom. The van der Waals surface area contributed by atoms with Gasteiger partial charge in [0.1, 0.15) is 12.1 Å². The number of amides is 2. The molecule has 1 unspecified atom stereocenters. The van der Waals surface area contributed by atoms with E-state index in [-0.39, 0.29) is 29.7 Å². The van der Waals surface area contributed by atoms with Gasteiger partial charge >= 0.3 is 5.69 Å². The van der Waals surface area contributed by atoms with Gasteiger partial charge in [-0.1, -0.05) is 13.0 Å². The standard InChI is InChI=1S/C21H26N6O3S/c1-3-13-8-5-6-10-26(13)15(28)12-27-17-16(18(22)29)23-19(14-9-7-11-31-14)24-20(17)25(4-2)21(27)30/h7,9,11,13H,3-6,8,10,12H2,1-2H3,(H2,22,29). The van der Waals surface area contributed by atoms with E-state index in [9.17, 15) is 14.4 Å². The second-order valence-electron chi connectivity index (χ2n) is 7.67. The predicted octanol–water partition coefficient (Wildman–Crippen LogP) is 2.23. The molecule has 2 N–H and O–H groups in total. The maximum Gasteiger partial charge on any atom is 0.330 e. The topological polar surface area (TPSA) is 116 Å². The summed E-state index contributed by atoms with van der Waals surface area (Å²) in [6.07, 6.45) is 3.89. The molecule has 3 aromatic heterocycles. The first kappa shape index (κ1) is 21.2. The number of carbonyl (C=O) groups is 2. The van der Waals surface area contributed by atoms with Gasteiger partial charge in [-0.05, 0) is 44.1 Å². The molecule has 3 aromatic rings. The van der Waals surface area contributed by atoms with Crippen LogP contribution in [0.3, 0.4) is 0 Å². The molecule has 1 aliphatic rings. The molecule has 0 bridgehead atoms. The number of hydrogen-bond acceptors (Lipinski definition) is 6. The summed E-state index contributed by atoms with van der Waals surface area (Å²) in [6.45, 7) is 4.75. The van der Waals surface area contributed by atoms with Crippen LogP contribution in [0.25, 0.3) is 21.9 Å². The van der Waals surface area contributed by atoms with Crippen molar-refractivity contribution in [2.24, 2.45) is 5.73 Å². The van der Waals surface area contributed by atoms with Crippen molar-refractivity contribution >= 4 is 34.3 Å². The smallest absolute Gasteiger partial charge is 0.330 e. The molecule has 164 valence electrons. The lowest BCUT2D eigenvalue weighted by Gasteiger charge is -2.35. The number of likely N-dealkylation sites (tertiary alicyclic amines) is 1. The number of nitrogens with two attached hydrogens (primary N) is 1. The van der Waals surface area contributed by atoms with Crippen molar-refractivity contribution in [1.29, 1.82) is 0 Å². The highest BCUT2D eigenvalue weighted by Crippen LogP contribution is 2.25. The monoisotopic (exact) mass is 442 g/mol. The highest BCUT2D eigenvalue weighted by atomic mass is 32.1. The molecule has 0 aliphatic carbocycles. The summed E-state index contributed by atoms with van der Waals surface area (Å²) in [5.74, 6) is -0.560. The van der Waals surface area contributed by atoms with Crippen LogP contribution in [0.1, 0.15) is 50.0 Å². The number of fused-ring (bicyclic) bond motifs is 1. The molecule has 0 aromatic carbocycles. The van der Waals surface area contributed by atoms with Crippen LogP contribution in [-0.4, -0.2) is 48.4 Å². The van der Waals surface area contributed by atoms with Gasteiger partial charge < -0.3 is 10.6 Å². The Balaban J connectivity index is 1.85. The molecule has 1 aliphatic heterocycles. The number of piperidine rings is 1. The predicted molar refractivity (Wildman–Crippen MR) is 119 cm³/mol. The van der Waals surface area contributed by atoms with Crippen LogP contribution in [-0.2, 0) is 17.9 Å². The van der Waals surface area contributed by atoms with Crippen molar-refractivity contribution in [2.45, 2.75) is 58.7 Å². The summed E-state index contributed by atoms with van der Waals surface area (Å²) in [4.78, 5) is 50.2. The van der Waals surface area contributed by atoms with E-state index < -0.39 is 11.6 Å². The minimum Gasteiger partial charge on any atom is -0.364 e. The number of aryl methyl sites for hydroxylation is 1. The van der Waals surface area contributed by atoms with Gasteiger partial charge in [0.2, 0.25) is 5.91 Å². The van der Waals surface area contributed by atoms with E-state index in [1.54, 1.807) is 0 Å². The quantitative estimate of drug-likeness (QED) is 0.628. The minimum atomic E-state index is -0.760. The van der Waals surface area contributed by atoms with E-state index in [0.717, 1.165) is 30.6 Å². The molecule has 31 heavy (non-hydrogen) atoms. The Morgan fingerprint density at radius 1 is 1.23 bits per heavy atom. The third-order valence-electron chi connectivity index (χ3n) is 5.86. The molecular formula is C21H26N6O3S. The van der Waals surface area contributed by atoms with Crippen LogP contribution >= 0.6 is 11.3 Å². The fourth-order valence-electron chi connectivity index (χ4n) is 4.31. The van der Waals surface area contributed by atoms with E-state index in [1.807, 2.05) is 29.3 Å². The number of nitrogens with zero attached hydrogens (tertiary/aromatic N) is 5. The molecule has 4 heterocycles. The fourth-order valence-corrected chi connectivity index (χ4v) is 4.97. The second-order valence-corrected chi connectivity index (χ2v) is 8.62. The zero-order valence-electron chi connectivity index (χ0n) is 17.7. The summed E-state index contributed by atoms with van der Waals surface area (Å²) >= 11 is 1.43. The maximum atomic E-state index is 13.2. The fraction of sp³-hybridized carbons (Fsp3) is 0.476. The zero-order valence-corrected chi connectivity index (χ0v) is 18.5. The number of rotatable bonds is 6. The molecule has 4 rings (SSSR count). The van der Waals surface area contributed by atoms with E-state index in [0.29, 0.717) is 24.6 Å². The van der Waals surface area contributed by atoms with E-state index in [2.05, 4.69) is 16.9 Å².